The predicted molar refractivity (Wildman–Crippen MR) is 67.9 cm³/mol. The molecule has 1 aromatic carbocycles. The van der Waals surface area contributed by atoms with Crippen LogP contribution < -0.4 is 0 Å². The summed E-state index contributed by atoms with van der Waals surface area (Å²) in [5.41, 5.74) is -0.302. The lowest BCUT2D eigenvalue weighted by Gasteiger charge is -2.18. The van der Waals surface area contributed by atoms with Crippen molar-refractivity contribution in [3.63, 3.8) is 0 Å². The van der Waals surface area contributed by atoms with Gasteiger partial charge in [0.2, 0.25) is 0 Å². The molecular weight excluding hydrogens is 290 g/mol. The van der Waals surface area contributed by atoms with Gasteiger partial charge in [-0.15, -0.1) is 0 Å². The van der Waals surface area contributed by atoms with Crippen LogP contribution in [-0.4, -0.2) is 31.0 Å². The van der Waals surface area contributed by atoms with Gasteiger partial charge in [-0.3, -0.25) is 4.79 Å². The molecule has 0 bridgehead atoms. The molecule has 1 aliphatic rings. The molecule has 1 aromatic rings. The second-order valence-corrected chi connectivity index (χ2v) is 7.24. The normalized spacial score (nSPS) is 22.6. The minimum atomic E-state index is -3.24. The van der Waals surface area contributed by atoms with E-state index in [4.69, 9.17) is 0 Å². The predicted octanol–water partition coefficient (Wildman–Crippen LogP) is 1.64. The van der Waals surface area contributed by atoms with Crippen LogP contribution in [0.5, 0.6) is 0 Å². The van der Waals surface area contributed by atoms with Crippen molar-refractivity contribution in [1.82, 2.24) is 0 Å². The standard InChI is InChI=1S/C13H14F2O4S/c14-11-2-1-3-12(15)10(11)6-9(13(16)17)8-4-5-20(18,19)7-8/h1-3,8-9H,4-7H2,(H,16,17). The highest BCUT2D eigenvalue weighted by Gasteiger charge is 2.38. The lowest BCUT2D eigenvalue weighted by atomic mass is 9.86. The second kappa shape index (κ2) is 5.47. The number of carboxylic acids is 1. The molecule has 1 saturated heterocycles. The summed E-state index contributed by atoms with van der Waals surface area (Å²) in [5, 5.41) is 9.21. The van der Waals surface area contributed by atoms with Gasteiger partial charge in [0.15, 0.2) is 9.84 Å². The Hall–Kier alpha value is -1.50. The van der Waals surface area contributed by atoms with Gasteiger partial charge in [-0.25, -0.2) is 17.2 Å². The fourth-order valence-corrected chi connectivity index (χ4v) is 4.42. The molecule has 2 unspecified atom stereocenters. The van der Waals surface area contributed by atoms with Gasteiger partial charge in [0.1, 0.15) is 11.6 Å². The molecule has 2 rings (SSSR count). The zero-order chi connectivity index (χ0) is 14.9. The Balaban J connectivity index is 2.25. The molecule has 0 spiro atoms. The fourth-order valence-electron chi connectivity index (χ4n) is 2.54. The molecule has 0 aliphatic carbocycles. The molecule has 1 heterocycles. The number of rotatable bonds is 4. The highest BCUT2D eigenvalue weighted by atomic mass is 32.2. The van der Waals surface area contributed by atoms with Crippen molar-refractivity contribution in [2.75, 3.05) is 11.5 Å². The molecule has 7 heteroatoms. The number of benzene rings is 1. The topological polar surface area (TPSA) is 71.4 Å². The summed E-state index contributed by atoms with van der Waals surface area (Å²) < 4.78 is 50.0. The summed E-state index contributed by atoms with van der Waals surface area (Å²) >= 11 is 0. The minimum Gasteiger partial charge on any atom is -0.481 e. The molecule has 1 fully saturated rings. The summed E-state index contributed by atoms with van der Waals surface area (Å²) in [6.07, 6.45) is -0.122. The molecule has 2 atom stereocenters. The maximum absolute atomic E-state index is 13.6. The lowest BCUT2D eigenvalue weighted by Crippen LogP contribution is -2.27. The highest BCUT2D eigenvalue weighted by molar-refractivity contribution is 7.91. The van der Waals surface area contributed by atoms with E-state index >= 15 is 0 Å². The molecular formula is C13H14F2O4S. The van der Waals surface area contributed by atoms with E-state index in [-0.39, 0.29) is 29.9 Å². The monoisotopic (exact) mass is 304 g/mol. The van der Waals surface area contributed by atoms with Crippen LogP contribution in [0.2, 0.25) is 0 Å². The first-order chi connectivity index (χ1) is 9.30. The van der Waals surface area contributed by atoms with Crippen LogP contribution in [0.25, 0.3) is 0 Å². The van der Waals surface area contributed by atoms with Crippen LogP contribution in [0, 0.1) is 23.5 Å². The zero-order valence-corrected chi connectivity index (χ0v) is 11.4. The van der Waals surface area contributed by atoms with E-state index < -0.39 is 39.3 Å². The summed E-state index contributed by atoms with van der Waals surface area (Å²) in [6.45, 7) is 0. The SMILES string of the molecule is O=C(O)C(Cc1c(F)cccc1F)C1CCS(=O)(=O)C1. The van der Waals surface area contributed by atoms with E-state index in [9.17, 15) is 27.1 Å². The van der Waals surface area contributed by atoms with E-state index in [0.717, 1.165) is 12.1 Å². The summed E-state index contributed by atoms with van der Waals surface area (Å²) in [6, 6.07) is 3.31. The van der Waals surface area contributed by atoms with Crippen molar-refractivity contribution in [3.05, 3.63) is 35.4 Å². The number of carboxylic acid groups (broad SMARTS) is 1. The number of halogens is 2. The Bertz CT molecular complexity index is 607. The van der Waals surface area contributed by atoms with E-state index in [1.54, 1.807) is 0 Å². The van der Waals surface area contributed by atoms with Gasteiger partial charge in [0.05, 0.1) is 17.4 Å². The van der Waals surface area contributed by atoms with Crippen molar-refractivity contribution >= 4 is 15.8 Å². The third-order valence-electron chi connectivity index (χ3n) is 3.64. The summed E-state index contributed by atoms with van der Waals surface area (Å²) in [5.74, 6) is -4.85. The summed E-state index contributed by atoms with van der Waals surface area (Å²) in [7, 11) is -3.24. The van der Waals surface area contributed by atoms with Gasteiger partial charge in [-0.05, 0) is 30.9 Å². The highest BCUT2D eigenvalue weighted by Crippen LogP contribution is 2.30. The van der Waals surface area contributed by atoms with Crippen molar-refractivity contribution in [3.8, 4) is 0 Å². The zero-order valence-electron chi connectivity index (χ0n) is 10.6. The number of hydrogen-bond acceptors (Lipinski definition) is 3. The maximum Gasteiger partial charge on any atom is 0.307 e. The molecule has 110 valence electrons. The average Bonchev–Trinajstić information content (AvgIpc) is 2.68. The van der Waals surface area contributed by atoms with Crippen LogP contribution in [0.4, 0.5) is 8.78 Å². The minimum absolute atomic E-state index is 0.0683. The van der Waals surface area contributed by atoms with Gasteiger partial charge in [-0.2, -0.15) is 0 Å². The van der Waals surface area contributed by atoms with E-state index in [2.05, 4.69) is 0 Å². The third kappa shape index (κ3) is 3.15. The second-order valence-electron chi connectivity index (χ2n) is 5.01. The number of aliphatic carboxylic acids is 1. The first kappa shape index (κ1) is 14.9. The van der Waals surface area contributed by atoms with E-state index in [1.165, 1.54) is 6.07 Å². The van der Waals surface area contributed by atoms with Crippen molar-refractivity contribution in [2.24, 2.45) is 11.8 Å². The van der Waals surface area contributed by atoms with Gasteiger partial charge in [0.25, 0.3) is 0 Å². The Morgan fingerprint density at radius 2 is 1.95 bits per heavy atom. The molecule has 0 aromatic heterocycles. The van der Waals surface area contributed by atoms with Gasteiger partial charge >= 0.3 is 5.97 Å². The lowest BCUT2D eigenvalue weighted by molar-refractivity contribution is -0.143. The van der Waals surface area contributed by atoms with Crippen LogP contribution in [0.15, 0.2) is 18.2 Å². The van der Waals surface area contributed by atoms with Crippen molar-refractivity contribution < 1.29 is 27.1 Å². The number of carbonyl (C=O) groups is 1. The van der Waals surface area contributed by atoms with Crippen LogP contribution in [0.3, 0.4) is 0 Å². The number of hydrogen-bond donors (Lipinski definition) is 1. The molecule has 0 saturated carbocycles. The van der Waals surface area contributed by atoms with Crippen LogP contribution in [0.1, 0.15) is 12.0 Å². The van der Waals surface area contributed by atoms with Crippen LogP contribution in [-0.2, 0) is 21.1 Å². The van der Waals surface area contributed by atoms with E-state index in [1.807, 2.05) is 0 Å². The quantitative estimate of drug-likeness (QED) is 0.918. The smallest absolute Gasteiger partial charge is 0.307 e. The van der Waals surface area contributed by atoms with E-state index in [0.29, 0.717) is 0 Å². The molecule has 1 N–H and O–H groups in total. The summed E-state index contributed by atoms with van der Waals surface area (Å²) in [4.78, 5) is 11.3. The first-order valence-corrected chi connectivity index (χ1v) is 7.98. The van der Waals surface area contributed by atoms with Crippen molar-refractivity contribution in [2.45, 2.75) is 12.8 Å². The Labute approximate surface area is 115 Å². The Morgan fingerprint density at radius 1 is 1.35 bits per heavy atom. The Morgan fingerprint density at radius 3 is 2.40 bits per heavy atom. The molecule has 0 radical (unpaired) electrons. The van der Waals surface area contributed by atoms with Crippen LogP contribution >= 0.6 is 0 Å². The number of sulfone groups is 1. The maximum atomic E-state index is 13.6. The fraction of sp³-hybridized carbons (Fsp3) is 0.462. The van der Waals surface area contributed by atoms with Gasteiger partial charge in [0, 0.05) is 5.56 Å². The first-order valence-electron chi connectivity index (χ1n) is 6.16. The molecule has 4 nitrogen and oxygen atoms in total. The third-order valence-corrected chi connectivity index (χ3v) is 5.43. The molecule has 20 heavy (non-hydrogen) atoms. The molecule has 0 amide bonds. The van der Waals surface area contributed by atoms with Gasteiger partial charge in [-0.1, -0.05) is 6.07 Å². The largest absolute Gasteiger partial charge is 0.481 e. The van der Waals surface area contributed by atoms with Crippen molar-refractivity contribution in [1.29, 1.82) is 0 Å². The average molecular weight is 304 g/mol. The molecule has 1 aliphatic heterocycles. The van der Waals surface area contributed by atoms with Gasteiger partial charge < -0.3 is 5.11 Å². The Kier molecular flexibility index (Phi) is 4.08.